The Morgan fingerprint density at radius 1 is 1.38 bits per heavy atom. The van der Waals surface area contributed by atoms with Gasteiger partial charge in [0.1, 0.15) is 0 Å². The standard InChI is InChI=1S/C14H21N3O3.ClH/c1-10-5-9-20-12(10)14(19)17-8-3-7-16-13(18)11-4-2-6-15-11;/h5,9,11,15H,2-4,6-8H2,1H3,(H,16,18)(H,17,19);1H. The number of hydrogen-bond acceptors (Lipinski definition) is 4. The summed E-state index contributed by atoms with van der Waals surface area (Å²) in [6, 6.07) is 1.71. The fraction of sp³-hybridized carbons (Fsp3) is 0.571. The summed E-state index contributed by atoms with van der Waals surface area (Å²) in [5.41, 5.74) is 0.822. The van der Waals surface area contributed by atoms with Crippen LogP contribution in [-0.2, 0) is 4.79 Å². The first-order valence-corrected chi connectivity index (χ1v) is 7.02. The molecule has 7 heteroatoms. The van der Waals surface area contributed by atoms with Gasteiger partial charge in [0.25, 0.3) is 5.91 Å². The maximum atomic E-state index is 11.7. The Morgan fingerprint density at radius 2 is 2.14 bits per heavy atom. The third-order valence-electron chi connectivity index (χ3n) is 3.38. The number of nitrogens with one attached hydrogen (secondary N) is 3. The molecule has 6 nitrogen and oxygen atoms in total. The minimum absolute atomic E-state index is 0. The van der Waals surface area contributed by atoms with E-state index in [1.165, 1.54) is 6.26 Å². The van der Waals surface area contributed by atoms with Crippen LogP contribution in [0, 0.1) is 6.92 Å². The fourth-order valence-corrected chi connectivity index (χ4v) is 2.22. The third kappa shape index (κ3) is 5.06. The highest BCUT2D eigenvalue weighted by molar-refractivity contribution is 5.92. The molecule has 0 spiro atoms. The van der Waals surface area contributed by atoms with Crippen LogP contribution in [-0.4, -0.2) is 37.5 Å². The molecular formula is C14H22ClN3O3. The highest BCUT2D eigenvalue weighted by atomic mass is 35.5. The number of carbonyl (C=O) groups excluding carboxylic acids is 2. The molecule has 1 aliphatic rings. The van der Waals surface area contributed by atoms with Crippen LogP contribution in [0.2, 0.25) is 0 Å². The molecule has 0 radical (unpaired) electrons. The molecule has 2 amide bonds. The first-order valence-electron chi connectivity index (χ1n) is 7.02. The smallest absolute Gasteiger partial charge is 0.287 e. The summed E-state index contributed by atoms with van der Waals surface area (Å²) in [5.74, 6) is 0.191. The van der Waals surface area contributed by atoms with Crippen LogP contribution >= 0.6 is 12.4 Å². The van der Waals surface area contributed by atoms with Crippen LogP contribution < -0.4 is 16.0 Å². The molecule has 2 heterocycles. The molecule has 1 aliphatic heterocycles. The summed E-state index contributed by atoms with van der Waals surface area (Å²) in [7, 11) is 0. The van der Waals surface area contributed by atoms with Gasteiger partial charge in [0.05, 0.1) is 12.3 Å². The monoisotopic (exact) mass is 315 g/mol. The first kappa shape index (κ1) is 17.5. The lowest BCUT2D eigenvalue weighted by atomic mass is 10.2. The molecule has 1 saturated heterocycles. The van der Waals surface area contributed by atoms with Gasteiger partial charge < -0.3 is 20.4 Å². The van der Waals surface area contributed by atoms with Crippen LogP contribution in [0.15, 0.2) is 16.7 Å². The molecule has 1 unspecified atom stereocenters. The van der Waals surface area contributed by atoms with Gasteiger partial charge in [-0.15, -0.1) is 12.4 Å². The lowest BCUT2D eigenvalue weighted by molar-refractivity contribution is -0.122. The van der Waals surface area contributed by atoms with E-state index in [0.717, 1.165) is 24.9 Å². The van der Waals surface area contributed by atoms with E-state index < -0.39 is 0 Å². The van der Waals surface area contributed by atoms with Gasteiger partial charge in [-0.1, -0.05) is 0 Å². The van der Waals surface area contributed by atoms with E-state index in [9.17, 15) is 9.59 Å². The second-order valence-electron chi connectivity index (χ2n) is 4.98. The molecule has 1 aromatic rings. The lowest BCUT2D eigenvalue weighted by Crippen LogP contribution is -2.41. The van der Waals surface area contributed by atoms with Crippen molar-refractivity contribution >= 4 is 24.2 Å². The first-order chi connectivity index (χ1) is 9.68. The molecule has 0 saturated carbocycles. The van der Waals surface area contributed by atoms with Gasteiger partial charge in [-0.3, -0.25) is 9.59 Å². The second kappa shape index (κ2) is 8.69. The number of carbonyl (C=O) groups is 2. The van der Waals surface area contributed by atoms with Gasteiger partial charge in [-0.2, -0.15) is 0 Å². The molecule has 1 atom stereocenters. The van der Waals surface area contributed by atoms with Gasteiger partial charge >= 0.3 is 0 Å². The molecule has 118 valence electrons. The maximum absolute atomic E-state index is 11.7. The zero-order valence-electron chi connectivity index (χ0n) is 12.1. The Hall–Kier alpha value is -1.53. The summed E-state index contributed by atoms with van der Waals surface area (Å²) >= 11 is 0. The average Bonchev–Trinajstić information content (AvgIpc) is 3.08. The average molecular weight is 316 g/mol. The minimum atomic E-state index is -0.212. The predicted octanol–water partition coefficient (Wildman–Crippen LogP) is 0.998. The van der Waals surface area contributed by atoms with Crippen molar-refractivity contribution in [3.63, 3.8) is 0 Å². The van der Waals surface area contributed by atoms with Crippen molar-refractivity contribution in [2.24, 2.45) is 0 Å². The largest absolute Gasteiger partial charge is 0.459 e. The van der Waals surface area contributed by atoms with Gasteiger partial charge in [-0.25, -0.2) is 0 Å². The minimum Gasteiger partial charge on any atom is -0.459 e. The summed E-state index contributed by atoms with van der Waals surface area (Å²) in [5, 5.41) is 8.78. The number of amides is 2. The van der Waals surface area contributed by atoms with Gasteiger partial charge in [0.15, 0.2) is 5.76 Å². The van der Waals surface area contributed by atoms with Crippen LogP contribution in [0.5, 0.6) is 0 Å². The van der Waals surface area contributed by atoms with Crippen molar-refractivity contribution in [3.8, 4) is 0 Å². The Morgan fingerprint density at radius 3 is 2.76 bits per heavy atom. The molecule has 2 rings (SSSR count). The zero-order chi connectivity index (χ0) is 14.4. The second-order valence-corrected chi connectivity index (χ2v) is 4.98. The fourth-order valence-electron chi connectivity index (χ4n) is 2.22. The predicted molar refractivity (Wildman–Crippen MR) is 81.7 cm³/mol. The van der Waals surface area contributed by atoms with E-state index in [2.05, 4.69) is 16.0 Å². The Kier molecular flexibility index (Phi) is 7.25. The van der Waals surface area contributed by atoms with Crippen LogP contribution in [0.4, 0.5) is 0 Å². The summed E-state index contributed by atoms with van der Waals surface area (Å²) in [4.78, 5) is 23.4. The van der Waals surface area contributed by atoms with Crippen LogP contribution in [0.3, 0.4) is 0 Å². The summed E-state index contributed by atoms with van der Waals surface area (Å²) in [6.07, 6.45) is 4.15. The molecule has 0 aliphatic carbocycles. The van der Waals surface area contributed by atoms with Crippen molar-refractivity contribution in [1.82, 2.24) is 16.0 Å². The molecule has 21 heavy (non-hydrogen) atoms. The SMILES string of the molecule is Cc1ccoc1C(=O)NCCCNC(=O)C1CCCN1.Cl. The van der Waals surface area contributed by atoms with Crippen molar-refractivity contribution in [1.29, 1.82) is 0 Å². The topological polar surface area (TPSA) is 83.4 Å². The van der Waals surface area contributed by atoms with Gasteiger partial charge in [-0.05, 0) is 38.8 Å². The molecule has 1 aromatic heterocycles. The van der Waals surface area contributed by atoms with Crippen molar-refractivity contribution in [3.05, 3.63) is 23.7 Å². The van der Waals surface area contributed by atoms with E-state index in [1.54, 1.807) is 6.07 Å². The molecule has 0 aromatic carbocycles. The van der Waals surface area contributed by atoms with Crippen molar-refractivity contribution in [2.45, 2.75) is 32.2 Å². The van der Waals surface area contributed by atoms with Crippen molar-refractivity contribution in [2.75, 3.05) is 19.6 Å². The molecule has 1 fully saturated rings. The van der Waals surface area contributed by atoms with E-state index in [0.29, 0.717) is 25.3 Å². The van der Waals surface area contributed by atoms with E-state index in [4.69, 9.17) is 4.42 Å². The zero-order valence-corrected chi connectivity index (χ0v) is 12.9. The number of aryl methyl sites for hydroxylation is 1. The maximum Gasteiger partial charge on any atom is 0.287 e. The molecular weight excluding hydrogens is 294 g/mol. The van der Waals surface area contributed by atoms with E-state index >= 15 is 0 Å². The summed E-state index contributed by atoms with van der Waals surface area (Å²) in [6.45, 7) is 3.82. The highest BCUT2D eigenvalue weighted by Gasteiger charge is 2.21. The lowest BCUT2D eigenvalue weighted by Gasteiger charge is -2.11. The van der Waals surface area contributed by atoms with Crippen LogP contribution in [0.1, 0.15) is 35.4 Å². The Bertz CT molecular complexity index is 470. The van der Waals surface area contributed by atoms with E-state index in [-0.39, 0.29) is 30.3 Å². The Balaban J connectivity index is 0.00000220. The normalized spacial score (nSPS) is 17.1. The number of rotatable bonds is 6. The summed E-state index contributed by atoms with van der Waals surface area (Å²) < 4.78 is 5.10. The van der Waals surface area contributed by atoms with Gasteiger partial charge in [0, 0.05) is 18.7 Å². The van der Waals surface area contributed by atoms with Crippen LogP contribution in [0.25, 0.3) is 0 Å². The van der Waals surface area contributed by atoms with Gasteiger partial charge in [0.2, 0.25) is 5.91 Å². The van der Waals surface area contributed by atoms with E-state index in [1.807, 2.05) is 6.92 Å². The quantitative estimate of drug-likeness (QED) is 0.684. The number of halogens is 1. The number of furan rings is 1. The highest BCUT2D eigenvalue weighted by Crippen LogP contribution is 2.08. The Labute approximate surface area is 130 Å². The third-order valence-corrected chi connectivity index (χ3v) is 3.38. The molecule has 3 N–H and O–H groups in total. The molecule has 0 bridgehead atoms. The number of hydrogen-bond donors (Lipinski definition) is 3. The van der Waals surface area contributed by atoms with Crippen molar-refractivity contribution < 1.29 is 14.0 Å².